The summed E-state index contributed by atoms with van der Waals surface area (Å²) in [4.78, 5) is 17.1. The minimum atomic E-state index is -4.26. The second-order valence-electron chi connectivity index (χ2n) is 7.48. The van der Waals surface area contributed by atoms with Crippen molar-refractivity contribution in [2.45, 2.75) is 116 Å². The smallest absolute Gasteiger partial charge is 0.330 e. The zero-order valence-electron chi connectivity index (χ0n) is 16.9. The molecule has 0 aliphatic heterocycles. The van der Waals surface area contributed by atoms with Crippen LogP contribution >= 0.6 is 7.82 Å². The van der Waals surface area contributed by atoms with Crippen molar-refractivity contribution < 1.29 is 18.9 Å². The van der Waals surface area contributed by atoms with Crippen LogP contribution in [0.2, 0.25) is 0 Å². The van der Waals surface area contributed by atoms with Gasteiger partial charge in [-0.25, -0.2) is 4.57 Å². The van der Waals surface area contributed by atoms with Crippen LogP contribution in [0.5, 0.6) is 0 Å². The number of phosphoric acid groups is 1. The average molecular weight is 394 g/mol. The Bertz CT molecular complexity index is 323. The summed E-state index contributed by atoms with van der Waals surface area (Å²) >= 11 is 0. The first kappa shape index (κ1) is 26.1. The van der Waals surface area contributed by atoms with Gasteiger partial charge in [0, 0.05) is 0 Å². The molecular formula is C20H44NO4P. The highest BCUT2D eigenvalue weighted by Gasteiger charge is 2.12. The zero-order valence-corrected chi connectivity index (χ0v) is 17.8. The van der Waals surface area contributed by atoms with Gasteiger partial charge in [0.25, 0.3) is 0 Å². The van der Waals surface area contributed by atoms with Gasteiger partial charge in [0.05, 0.1) is 6.61 Å². The topological polar surface area (TPSA) is 92.8 Å². The summed E-state index contributed by atoms with van der Waals surface area (Å²) in [5.41, 5.74) is 5.49. The first-order valence-electron chi connectivity index (χ1n) is 11.0. The van der Waals surface area contributed by atoms with Crippen LogP contribution in [0.1, 0.15) is 116 Å². The Morgan fingerprint density at radius 2 is 0.808 bits per heavy atom. The van der Waals surface area contributed by atoms with E-state index in [1.54, 1.807) is 0 Å². The molecule has 0 amide bonds. The highest BCUT2D eigenvalue weighted by Crippen LogP contribution is 2.35. The monoisotopic (exact) mass is 393 g/mol. The Labute approximate surface area is 161 Å². The molecule has 5 nitrogen and oxygen atoms in total. The Kier molecular flexibility index (Phi) is 19.9. The predicted octanol–water partition coefficient (Wildman–Crippen LogP) is 6.08. The first-order valence-corrected chi connectivity index (χ1v) is 12.5. The van der Waals surface area contributed by atoms with Crippen LogP contribution in [0.4, 0.5) is 0 Å². The summed E-state index contributed by atoms with van der Waals surface area (Å²) in [7, 11) is -4.26. The Hall–Kier alpha value is 0.0700. The number of nitrogens with two attached hydrogens (primary N) is 1. The van der Waals surface area contributed by atoms with Gasteiger partial charge in [0.2, 0.25) is 0 Å². The van der Waals surface area contributed by atoms with Crippen molar-refractivity contribution in [3.8, 4) is 0 Å². The molecule has 6 heteroatoms. The van der Waals surface area contributed by atoms with Crippen molar-refractivity contribution in [3.63, 3.8) is 0 Å². The molecule has 0 saturated carbocycles. The Morgan fingerprint density at radius 1 is 0.538 bits per heavy atom. The van der Waals surface area contributed by atoms with E-state index in [9.17, 15) is 4.57 Å². The highest BCUT2D eigenvalue weighted by molar-refractivity contribution is 7.46. The van der Waals surface area contributed by atoms with E-state index in [-0.39, 0.29) is 6.61 Å². The first-order chi connectivity index (χ1) is 12.6. The molecule has 0 aliphatic carbocycles. The van der Waals surface area contributed by atoms with Crippen LogP contribution in [0.25, 0.3) is 0 Å². The van der Waals surface area contributed by atoms with E-state index in [0.29, 0.717) is 0 Å². The molecule has 0 aromatic carbocycles. The largest absolute Gasteiger partial charge is 0.469 e. The molecule has 158 valence electrons. The van der Waals surface area contributed by atoms with Crippen LogP contribution < -0.4 is 5.73 Å². The molecule has 0 rings (SSSR count). The van der Waals surface area contributed by atoms with Crippen LogP contribution in [0.15, 0.2) is 0 Å². The molecule has 0 radical (unpaired) electrons. The number of hydrogen-bond donors (Lipinski definition) is 3. The van der Waals surface area contributed by atoms with Crippen molar-refractivity contribution in [3.05, 3.63) is 0 Å². The maximum Gasteiger partial charge on any atom is 0.469 e. The zero-order chi connectivity index (χ0) is 19.3. The fourth-order valence-corrected chi connectivity index (χ4v) is 3.63. The SMILES string of the molecule is NCCCCCCCCCCCCCCCCCCCCOP(=O)(O)O. The standard InChI is InChI=1S/C20H44NO4P/c21-19-17-15-13-11-9-7-5-3-1-2-4-6-8-10-12-14-16-18-20-25-26(22,23)24/h1-21H2,(H2,22,23,24). The van der Waals surface area contributed by atoms with E-state index >= 15 is 0 Å². The second-order valence-corrected chi connectivity index (χ2v) is 8.72. The molecule has 0 aromatic rings. The summed E-state index contributed by atoms with van der Waals surface area (Å²) in [6.07, 6.45) is 23.0. The van der Waals surface area contributed by atoms with Crippen molar-refractivity contribution in [1.82, 2.24) is 0 Å². The van der Waals surface area contributed by atoms with E-state index in [1.165, 1.54) is 96.3 Å². The van der Waals surface area contributed by atoms with Crippen LogP contribution in [-0.2, 0) is 9.09 Å². The maximum absolute atomic E-state index is 10.5. The van der Waals surface area contributed by atoms with Gasteiger partial charge in [0.1, 0.15) is 0 Å². The molecule has 0 heterocycles. The molecule has 0 atom stereocenters. The van der Waals surface area contributed by atoms with Gasteiger partial charge >= 0.3 is 7.82 Å². The highest BCUT2D eigenvalue weighted by atomic mass is 31.2. The van der Waals surface area contributed by atoms with Gasteiger partial charge in [-0.2, -0.15) is 0 Å². The van der Waals surface area contributed by atoms with E-state index < -0.39 is 7.82 Å². The van der Waals surface area contributed by atoms with Crippen molar-refractivity contribution in [1.29, 1.82) is 0 Å². The van der Waals surface area contributed by atoms with Gasteiger partial charge < -0.3 is 15.5 Å². The van der Waals surface area contributed by atoms with Gasteiger partial charge in [-0.15, -0.1) is 0 Å². The molecule has 0 unspecified atom stereocenters. The Balaban J connectivity index is 3.02. The van der Waals surface area contributed by atoms with Crippen molar-refractivity contribution in [2.24, 2.45) is 5.73 Å². The number of rotatable bonds is 21. The summed E-state index contributed by atoms with van der Waals surface area (Å²) in [6, 6.07) is 0. The van der Waals surface area contributed by atoms with E-state index in [1.807, 2.05) is 0 Å². The van der Waals surface area contributed by atoms with Crippen molar-refractivity contribution >= 4 is 7.82 Å². The minimum absolute atomic E-state index is 0.165. The maximum atomic E-state index is 10.5. The Morgan fingerprint density at radius 3 is 1.08 bits per heavy atom. The molecule has 0 aromatic heterocycles. The summed E-state index contributed by atoms with van der Waals surface area (Å²) < 4.78 is 14.9. The number of unbranched alkanes of at least 4 members (excludes halogenated alkanes) is 17. The second kappa shape index (κ2) is 19.8. The van der Waals surface area contributed by atoms with Gasteiger partial charge in [-0.1, -0.05) is 103 Å². The summed E-state index contributed by atoms with van der Waals surface area (Å²) in [6.45, 7) is 1.01. The van der Waals surface area contributed by atoms with Gasteiger partial charge in [-0.05, 0) is 19.4 Å². The predicted molar refractivity (Wildman–Crippen MR) is 110 cm³/mol. The fourth-order valence-electron chi connectivity index (χ4n) is 3.26. The quantitative estimate of drug-likeness (QED) is 0.162. The molecule has 4 N–H and O–H groups in total. The number of phosphoric ester groups is 1. The van der Waals surface area contributed by atoms with Crippen molar-refractivity contribution in [2.75, 3.05) is 13.2 Å². The van der Waals surface area contributed by atoms with Crippen LogP contribution in [0.3, 0.4) is 0 Å². The molecule has 0 aliphatic rings. The third-order valence-electron chi connectivity index (χ3n) is 4.86. The molecule has 26 heavy (non-hydrogen) atoms. The third-order valence-corrected chi connectivity index (χ3v) is 5.38. The summed E-state index contributed by atoms with van der Waals surface area (Å²) in [5, 5.41) is 0. The average Bonchev–Trinajstić information content (AvgIpc) is 2.59. The molecular weight excluding hydrogens is 349 g/mol. The lowest BCUT2D eigenvalue weighted by Crippen LogP contribution is -1.97. The number of hydrogen-bond acceptors (Lipinski definition) is 3. The third kappa shape index (κ3) is 24.1. The van der Waals surface area contributed by atoms with Crippen LogP contribution in [-0.4, -0.2) is 22.9 Å². The van der Waals surface area contributed by atoms with E-state index in [0.717, 1.165) is 25.8 Å². The lowest BCUT2D eigenvalue weighted by Gasteiger charge is -2.05. The van der Waals surface area contributed by atoms with E-state index in [4.69, 9.17) is 15.5 Å². The van der Waals surface area contributed by atoms with Gasteiger partial charge in [0.15, 0.2) is 0 Å². The summed E-state index contributed by atoms with van der Waals surface area (Å²) in [5.74, 6) is 0. The molecule has 0 spiro atoms. The molecule has 0 fully saturated rings. The minimum Gasteiger partial charge on any atom is -0.330 e. The fraction of sp³-hybridized carbons (Fsp3) is 1.00. The molecule has 0 bridgehead atoms. The normalized spacial score (nSPS) is 12.0. The lowest BCUT2D eigenvalue weighted by molar-refractivity contribution is 0.193. The van der Waals surface area contributed by atoms with Gasteiger partial charge in [-0.3, -0.25) is 4.52 Å². The molecule has 0 saturated heterocycles. The van der Waals surface area contributed by atoms with E-state index in [2.05, 4.69) is 4.52 Å². The lowest BCUT2D eigenvalue weighted by atomic mass is 10.0. The van der Waals surface area contributed by atoms with Crippen LogP contribution in [0, 0.1) is 0 Å².